The van der Waals surface area contributed by atoms with Crippen molar-refractivity contribution in [3.8, 4) is 0 Å². The molecule has 0 spiro atoms. The minimum absolute atomic E-state index is 0.140. The third-order valence-corrected chi connectivity index (χ3v) is 8.02. The van der Waals surface area contributed by atoms with E-state index in [0.29, 0.717) is 47.6 Å². The van der Waals surface area contributed by atoms with Gasteiger partial charge < -0.3 is 25.1 Å². The lowest BCUT2D eigenvalue weighted by atomic mass is 9.82. The molecule has 0 aromatic heterocycles. The molecule has 0 radical (unpaired) electrons. The first-order chi connectivity index (χ1) is 18.2. The molecule has 0 aliphatic carbocycles. The third-order valence-electron chi connectivity index (χ3n) is 7.71. The van der Waals surface area contributed by atoms with Crippen LogP contribution in [-0.2, 0) is 4.79 Å². The molecule has 1 unspecified atom stereocenters. The van der Waals surface area contributed by atoms with Crippen molar-refractivity contribution in [3.05, 3.63) is 65.7 Å². The normalized spacial score (nSPS) is 18.4. The van der Waals surface area contributed by atoms with Crippen LogP contribution in [0.15, 0.2) is 55.2 Å². The molecule has 2 aliphatic rings. The summed E-state index contributed by atoms with van der Waals surface area (Å²) in [6, 6.07) is 5.73. The summed E-state index contributed by atoms with van der Waals surface area (Å²) in [4.78, 5) is 31.3. The zero-order valence-corrected chi connectivity index (χ0v) is 23.6. The zero-order chi connectivity index (χ0) is 27.7. The number of allylic oxidation sites excluding steroid dienone is 2. The van der Waals surface area contributed by atoms with Crippen LogP contribution in [0.3, 0.4) is 0 Å². The van der Waals surface area contributed by atoms with Gasteiger partial charge in [0.15, 0.2) is 6.10 Å². The number of aliphatic hydroxyl groups is 1. The Labute approximate surface area is 232 Å². The molecule has 2 saturated heterocycles. The molecule has 1 aromatic carbocycles. The lowest BCUT2D eigenvalue weighted by molar-refractivity contribution is -0.139. The second-order valence-corrected chi connectivity index (χ2v) is 11.1. The number of likely N-dealkylation sites (N-methyl/N-ethyl adjacent to an activating group) is 1. The molecule has 3 rings (SSSR count). The van der Waals surface area contributed by atoms with Gasteiger partial charge in [-0.3, -0.25) is 9.59 Å². The standard InChI is InChI=1S/C30H43ClN4O3/c1-5-7-24(6-2)28(36)30(38)35-17-12-23(13-18-35)20-22-10-15-34(16-11-22)25-8-9-26(27(31)21-25)29(37)32-14-19-33(3)4/h5-9,21-23,28,36H,1-2,10-20H2,3-4H3,(H,32,37)/b24-7+. The molecule has 1 aromatic rings. The molecule has 208 valence electrons. The summed E-state index contributed by atoms with van der Waals surface area (Å²) in [6.07, 6.45) is 8.89. The lowest BCUT2D eigenvalue weighted by Crippen LogP contribution is -2.44. The maximum absolute atomic E-state index is 12.7. The Hall–Kier alpha value is -2.61. The molecule has 2 fully saturated rings. The molecule has 1 atom stereocenters. The monoisotopic (exact) mass is 542 g/mol. The predicted octanol–water partition coefficient (Wildman–Crippen LogP) is 4.14. The smallest absolute Gasteiger partial charge is 0.256 e. The van der Waals surface area contributed by atoms with Crippen molar-refractivity contribution >= 4 is 29.1 Å². The first kappa shape index (κ1) is 29.9. The van der Waals surface area contributed by atoms with Crippen LogP contribution in [-0.4, -0.2) is 86.2 Å². The van der Waals surface area contributed by atoms with E-state index in [9.17, 15) is 14.7 Å². The number of carbonyl (C=O) groups is 2. The summed E-state index contributed by atoms with van der Waals surface area (Å²) >= 11 is 6.48. The van der Waals surface area contributed by atoms with E-state index in [4.69, 9.17) is 11.6 Å². The average molecular weight is 543 g/mol. The quantitative estimate of drug-likeness (QED) is 0.411. The third kappa shape index (κ3) is 8.19. The number of anilines is 1. The molecule has 2 N–H and O–H groups in total. The van der Waals surface area contributed by atoms with Crippen molar-refractivity contribution in [2.24, 2.45) is 11.8 Å². The number of nitrogens with one attached hydrogen (secondary N) is 1. The van der Waals surface area contributed by atoms with Gasteiger partial charge in [0, 0.05) is 45.0 Å². The Morgan fingerprint density at radius 3 is 2.32 bits per heavy atom. The Morgan fingerprint density at radius 2 is 1.76 bits per heavy atom. The van der Waals surface area contributed by atoms with Gasteiger partial charge in [0.05, 0.1) is 10.6 Å². The van der Waals surface area contributed by atoms with Crippen LogP contribution in [0.2, 0.25) is 5.02 Å². The first-order valence-corrected chi connectivity index (χ1v) is 14.0. The highest BCUT2D eigenvalue weighted by molar-refractivity contribution is 6.34. The number of nitrogens with zero attached hydrogens (tertiary/aromatic N) is 3. The summed E-state index contributed by atoms with van der Waals surface area (Å²) in [5.41, 5.74) is 2.06. The number of piperidine rings is 2. The summed E-state index contributed by atoms with van der Waals surface area (Å²) < 4.78 is 0. The minimum atomic E-state index is -1.17. The topological polar surface area (TPSA) is 76.1 Å². The summed E-state index contributed by atoms with van der Waals surface area (Å²) in [5, 5.41) is 13.8. The van der Waals surface area contributed by atoms with E-state index in [2.05, 4.69) is 23.4 Å². The largest absolute Gasteiger partial charge is 0.378 e. The summed E-state index contributed by atoms with van der Waals surface area (Å²) in [7, 11) is 3.94. The molecule has 38 heavy (non-hydrogen) atoms. The molecule has 0 saturated carbocycles. The molecule has 0 bridgehead atoms. The zero-order valence-electron chi connectivity index (χ0n) is 22.9. The second kappa shape index (κ2) is 14.5. The van der Waals surface area contributed by atoms with Gasteiger partial charge in [-0.25, -0.2) is 0 Å². The Kier molecular flexibility index (Phi) is 11.4. The number of aliphatic hydroxyl groups excluding tert-OH is 1. The van der Waals surface area contributed by atoms with Gasteiger partial charge in [0.1, 0.15) is 0 Å². The molecule has 8 heteroatoms. The number of likely N-dealkylation sites (tertiary alicyclic amines) is 1. The number of hydrogen-bond donors (Lipinski definition) is 2. The fraction of sp³-hybridized carbons (Fsp3) is 0.533. The number of halogens is 1. The van der Waals surface area contributed by atoms with Crippen molar-refractivity contribution in [2.75, 3.05) is 58.3 Å². The van der Waals surface area contributed by atoms with Crippen LogP contribution < -0.4 is 10.2 Å². The maximum atomic E-state index is 12.7. The van der Waals surface area contributed by atoms with Crippen molar-refractivity contribution in [3.63, 3.8) is 0 Å². The van der Waals surface area contributed by atoms with Crippen LogP contribution in [0.25, 0.3) is 0 Å². The number of hydrogen-bond acceptors (Lipinski definition) is 5. The van der Waals surface area contributed by atoms with E-state index in [0.717, 1.165) is 51.0 Å². The average Bonchev–Trinajstić information content (AvgIpc) is 2.91. The van der Waals surface area contributed by atoms with Gasteiger partial charge >= 0.3 is 0 Å². The van der Waals surface area contributed by atoms with Crippen LogP contribution in [0, 0.1) is 11.8 Å². The van der Waals surface area contributed by atoms with Gasteiger partial charge in [0.25, 0.3) is 11.8 Å². The van der Waals surface area contributed by atoms with Crippen LogP contribution >= 0.6 is 11.6 Å². The lowest BCUT2D eigenvalue weighted by Gasteiger charge is -2.38. The van der Waals surface area contributed by atoms with Crippen molar-refractivity contribution in [1.82, 2.24) is 15.1 Å². The maximum Gasteiger partial charge on any atom is 0.256 e. The van der Waals surface area contributed by atoms with E-state index in [1.165, 1.54) is 12.5 Å². The van der Waals surface area contributed by atoms with Gasteiger partial charge in [-0.05, 0) is 81.8 Å². The molecule has 2 heterocycles. The number of rotatable bonds is 11. The highest BCUT2D eigenvalue weighted by atomic mass is 35.5. The van der Waals surface area contributed by atoms with Crippen molar-refractivity contribution in [1.29, 1.82) is 0 Å². The van der Waals surface area contributed by atoms with E-state index in [1.54, 1.807) is 17.1 Å². The minimum Gasteiger partial charge on any atom is -0.378 e. The van der Waals surface area contributed by atoms with Crippen LogP contribution in [0.1, 0.15) is 42.5 Å². The number of benzene rings is 1. The van der Waals surface area contributed by atoms with Crippen LogP contribution in [0.4, 0.5) is 5.69 Å². The number of carbonyl (C=O) groups excluding carboxylic acids is 2. The fourth-order valence-corrected chi connectivity index (χ4v) is 5.64. The highest BCUT2D eigenvalue weighted by Gasteiger charge is 2.30. The van der Waals surface area contributed by atoms with Crippen molar-refractivity contribution < 1.29 is 14.7 Å². The predicted molar refractivity (Wildman–Crippen MR) is 156 cm³/mol. The van der Waals surface area contributed by atoms with E-state index < -0.39 is 6.10 Å². The fourth-order valence-electron chi connectivity index (χ4n) is 5.38. The SMILES string of the molecule is C=C/C=C(\C=C)C(O)C(=O)N1CCC(CC2CCN(c3ccc(C(=O)NCCN(C)C)c(Cl)c3)CC2)CC1. The molecule has 2 amide bonds. The second-order valence-electron chi connectivity index (χ2n) is 10.7. The molecular formula is C30H43ClN4O3. The van der Waals surface area contributed by atoms with Crippen LogP contribution in [0.5, 0.6) is 0 Å². The Morgan fingerprint density at radius 1 is 1.13 bits per heavy atom. The number of amides is 2. The van der Waals surface area contributed by atoms with Gasteiger partial charge in [-0.1, -0.05) is 43.0 Å². The summed E-state index contributed by atoms with van der Waals surface area (Å²) in [5.74, 6) is 0.887. The van der Waals surface area contributed by atoms with E-state index >= 15 is 0 Å². The molecule has 2 aliphatic heterocycles. The first-order valence-electron chi connectivity index (χ1n) is 13.6. The van der Waals surface area contributed by atoms with Crippen molar-refractivity contribution in [2.45, 2.75) is 38.2 Å². The molecular weight excluding hydrogens is 500 g/mol. The van der Waals surface area contributed by atoms with Gasteiger partial charge in [-0.2, -0.15) is 0 Å². The van der Waals surface area contributed by atoms with Gasteiger partial charge in [-0.15, -0.1) is 0 Å². The Bertz CT molecular complexity index is 1010. The van der Waals surface area contributed by atoms with E-state index in [-0.39, 0.29) is 11.8 Å². The highest BCUT2D eigenvalue weighted by Crippen LogP contribution is 2.33. The molecule has 7 nitrogen and oxygen atoms in total. The Balaban J connectivity index is 1.43. The van der Waals surface area contributed by atoms with E-state index in [1.807, 2.05) is 37.2 Å². The van der Waals surface area contributed by atoms with Gasteiger partial charge in [0.2, 0.25) is 0 Å². The summed E-state index contributed by atoms with van der Waals surface area (Å²) in [6.45, 7) is 12.0.